The number of benzene rings is 1. The highest BCUT2D eigenvalue weighted by Crippen LogP contribution is 2.29. The van der Waals surface area contributed by atoms with Gasteiger partial charge in [0, 0.05) is 17.0 Å². The summed E-state index contributed by atoms with van der Waals surface area (Å²) in [5.41, 5.74) is 8.10. The zero-order valence-electron chi connectivity index (χ0n) is 11.6. The number of methoxy groups -OCH3 is 1. The van der Waals surface area contributed by atoms with Gasteiger partial charge >= 0.3 is 0 Å². The van der Waals surface area contributed by atoms with Crippen molar-refractivity contribution >= 4 is 28.6 Å². The van der Waals surface area contributed by atoms with Crippen LogP contribution in [0.5, 0.6) is 5.75 Å². The number of anilines is 2. The van der Waals surface area contributed by atoms with E-state index in [1.54, 1.807) is 25.3 Å². The van der Waals surface area contributed by atoms with Crippen LogP contribution in [-0.4, -0.2) is 19.6 Å². The molecule has 2 heterocycles. The van der Waals surface area contributed by atoms with E-state index in [0.29, 0.717) is 28.6 Å². The predicted octanol–water partition coefficient (Wildman–Crippen LogP) is 2.66. The van der Waals surface area contributed by atoms with E-state index in [1.807, 2.05) is 6.07 Å². The van der Waals surface area contributed by atoms with Crippen molar-refractivity contribution in [3.05, 3.63) is 39.6 Å². The van der Waals surface area contributed by atoms with Gasteiger partial charge in [0.2, 0.25) is 0 Å². The van der Waals surface area contributed by atoms with Gasteiger partial charge < -0.3 is 20.5 Å². The summed E-state index contributed by atoms with van der Waals surface area (Å²) in [5, 5.41) is 2.85. The maximum absolute atomic E-state index is 12.3. The van der Waals surface area contributed by atoms with Gasteiger partial charge in [0.1, 0.15) is 5.75 Å². The number of amides is 1. The van der Waals surface area contributed by atoms with E-state index in [0.717, 1.165) is 18.6 Å². The van der Waals surface area contributed by atoms with Crippen LogP contribution in [0, 0.1) is 0 Å². The molecule has 0 spiro atoms. The maximum atomic E-state index is 12.3. The molecule has 3 N–H and O–H groups in total. The molecule has 0 unspecified atom stereocenters. The fourth-order valence-electron chi connectivity index (χ4n) is 2.26. The molecular formula is C15H16N2O3S. The van der Waals surface area contributed by atoms with Gasteiger partial charge in [-0.15, -0.1) is 11.3 Å². The average molecular weight is 304 g/mol. The second kappa shape index (κ2) is 5.75. The first-order chi connectivity index (χ1) is 10.2. The van der Waals surface area contributed by atoms with Crippen molar-refractivity contribution in [2.45, 2.75) is 13.0 Å². The lowest BCUT2D eigenvalue weighted by Crippen LogP contribution is -2.10. The second-order valence-corrected chi connectivity index (χ2v) is 5.91. The molecule has 2 aromatic rings. The van der Waals surface area contributed by atoms with E-state index in [9.17, 15) is 4.79 Å². The third-order valence-corrected chi connectivity index (χ3v) is 4.57. The van der Waals surface area contributed by atoms with Crippen molar-refractivity contribution < 1.29 is 14.3 Å². The molecule has 0 saturated carbocycles. The highest BCUT2D eigenvalue weighted by atomic mass is 32.1. The van der Waals surface area contributed by atoms with Crippen LogP contribution in [0.1, 0.15) is 20.1 Å². The summed E-state index contributed by atoms with van der Waals surface area (Å²) in [6.07, 6.45) is 0.878. The molecule has 1 aliphatic heterocycles. The molecule has 0 bridgehead atoms. The maximum Gasteiger partial charge on any atom is 0.265 e. The Morgan fingerprint density at radius 1 is 1.43 bits per heavy atom. The third-order valence-electron chi connectivity index (χ3n) is 3.34. The summed E-state index contributed by atoms with van der Waals surface area (Å²) in [7, 11) is 1.56. The Labute approximate surface area is 126 Å². The quantitative estimate of drug-likeness (QED) is 0.855. The lowest BCUT2D eigenvalue weighted by molar-refractivity contribution is 0.102. The number of hydrogen-bond acceptors (Lipinski definition) is 5. The highest BCUT2D eigenvalue weighted by molar-refractivity contribution is 7.14. The summed E-state index contributed by atoms with van der Waals surface area (Å²) in [6, 6.07) is 7.09. The summed E-state index contributed by atoms with van der Waals surface area (Å²) in [4.78, 5) is 14.2. The van der Waals surface area contributed by atoms with E-state index in [4.69, 9.17) is 15.2 Å². The molecular weight excluding hydrogens is 288 g/mol. The van der Waals surface area contributed by atoms with Crippen LogP contribution in [-0.2, 0) is 17.8 Å². The van der Waals surface area contributed by atoms with Gasteiger partial charge in [0.05, 0.1) is 30.9 Å². The van der Waals surface area contributed by atoms with E-state index >= 15 is 0 Å². The fraction of sp³-hybridized carbons (Fsp3) is 0.267. The number of hydrogen-bond donors (Lipinski definition) is 2. The van der Waals surface area contributed by atoms with Crippen LogP contribution in [0.25, 0.3) is 0 Å². The molecule has 1 aliphatic rings. The lowest BCUT2D eigenvalue weighted by Gasteiger charge is -2.10. The van der Waals surface area contributed by atoms with Gasteiger partial charge in [-0.1, -0.05) is 0 Å². The number of ether oxygens (including phenoxy) is 2. The molecule has 110 valence electrons. The highest BCUT2D eigenvalue weighted by Gasteiger charge is 2.17. The first-order valence-electron chi connectivity index (χ1n) is 6.61. The SMILES string of the molecule is COc1ccc(NC(=O)c2cc3c(s2)CCOC3)cc1N. The van der Waals surface area contributed by atoms with Gasteiger partial charge in [-0.3, -0.25) is 4.79 Å². The van der Waals surface area contributed by atoms with Crippen LogP contribution >= 0.6 is 11.3 Å². The number of rotatable bonds is 3. The van der Waals surface area contributed by atoms with Crippen LogP contribution < -0.4 is 15.8 Å². The van der Waals surface area contributed by atoms with Crippen molar-refractivity contribution in [3.8, 4) is 5.75 Å². The Hall–Kier alpha value is -2.05. The minimum Gasteiger partial charge on any atom is -0.495 e. The van der Waals surface area contributed by atoms with Gasteiger partial charge in [-0.05, 0) is 29.8 Å². The standard InChI is InChI=1S/C15H16N2O3S/c1-19-12-3-2-10(7-11(12)16)17-15(18)14-6-9-8-20-5-4-13(9)21-14/h2-3,6-7H,4-5,8,16H2,1H3,(H,17,18). The molecule has 1 aromatic heterocycles. The molecule has 0 fully saturated rings. The Bertz CT molecular complexity index is 658. The largest absolute Gasteiger partial charge is 0.495 e. The van der Waals surface area contributed by atoms with Gasteiger partial charge in [-0.25, -0.2) is 0 Å². The molecule has 21 heavy (non-hydrogen) atoms. The van der Waals surface area contributed by atoms with Crippen LogP contribution in [0.3, 0.4) is 0 Å². The van der Waals surface area contributed by atoms with Crippen molar-refractivity contribution in [2.24, 2.45) is 0 Å². The van der Waals surface area contributed by atoms with Gasteiger partial charge in [-0.2, -0.15) is 0 Å². The first kappa shape index (κ1) is 13.9. The Morgan fingerprint density at radius 2 is 2.29 bits per heavy atom. The smallest absolute Gasteiger partial charge is 0.265 e. The van der Waals surface area contributed by atoms with E-state index in [2.05, 4.69) is 5.32 Å². The number of nitrogens with two attached hydrogens (primary N) is 1. The number of carbonyl (C=O) groups excluding carboxylic acids is 1. The minimum atomic E-state index is -0.126. The molecule has 1 amide bonds. The molecule has 0 aliphatic carbocycles. The number of carbonyl (C=O) groups is 1. The summed E-state index contributed by atoms with van der Waals surface area (Å²) >= 11 is 1.53. The van der Waals surface area contributed by atoms with Crippen LogP contribution in [0.4, 0.5) is 11.4 Å². The Kier molecular flexibility index (Phi) is 3.81. The molecule has 6 heteroatoms. The zero-order valence-corrected chi connectivity index (χ0v) is 12.5. The lowest BCUT2D eigenvalue weighted by atomic mass is 10.2. The monoisotopic (exact) mass is 304 g/mol. The second-order valence-electron chi connectivity index (χ2n) is 4.77. The number of nitrogen functional groups attached to an aromatic ring is 1. The Morgan fingerprint density at radius 3 is 3.00 bits per heavy atom. The van der Waals surface area contributed by atoms with Crippen LogP contribution in [0.2, 0.25) is 0 Å². The predicted molar refractivity (Wildman–Crippen MR) is 83.0 cm³/mol. The average Bonchev–Trinajstić information content (AvgIpc) is 2.91. The molecule has 5 nitrogen and oxygen atoms in total. The normalized spacial score (nSPS) is 13.6. The van der Waals surface area contributed by atoms with Gasteiger partial charge in [0.25, 0.3) is 5.91 Å². The van der Waals surface area contributed by atoms with E-state index in [-0.39, 0.29) is 5.91 Å². The molecule has 0 saturated heterocycles. The summed E-state index contributed by atoms with van der Waals surface area (Å²) in [5.74, 6) is 0.468. The third kappa shape index (κ3) is 2.86. The number of thiophene rings is 1. The molecule has 3 rings (SSSR count). The summed E-state index contributed by atoms with van der Waals surface area (Å²) < 4.78 is 10.5. The molecule has 1 aromatic carbocycles. The fourth-order valence-corrected chi connectivity index (χ4v) is 3.31. The van der Waals surface area contributed by atoms with Crippen molar-refractivity contribution in [2.75, 3.05) is 24.8 Å². The van der Waals surface area contributed by atoms with Gasteiger partial charge in [0.15, 0.2) is 0 Å². The Balaban J connectivity index is 1.77. The van der Waals surface area contributed by atoms with Crippen molar-refractivity contribution in [3.63, 3.8) is 0 Å². The topological polar surface area (TPSA) is 73.6 Å². The number of nitrogens with one attached hydrogen (secondary N) is 1. The van der Waals surface area contributed by atoms with Crippen molar-refractivity contribution in [1.82, 2.24) is 0 Å². The number of fused-ring (bicyclic) bond motifs is 1. The first-order valence-corrected chi connectivity index (χ1v) is 7.43. The van der Waals surface area contributed by atoms with E-state index < -0.39 is 0 Å². The van der Waals surface area contributed by atoms with Crippen LogP contribution in [0.15, 0.2) is 24.3 Å². The molecule has 0 radical (unpaired) electrons. The molecule has 0 atom stereocenters. The summed E-state index contributed by atoms with van der Waals surface area (Å²) in [6.45, 7) is 1.32. The van der Waals surface area contributed by atoms with Crippen molar-refractivity contribution in [1.29, 1.82) is 0 Å². The van der Waals surface area contributed by atoms with E-state index in [1.165, 1.54) is 16.2 Å². The minimum absolute atomic E-state index is 0.126. The zero-order chi connectivity index (χ0) is 14.8.